The molecular formula is C41H27BN6. The molecule has 0 fully saturated rings. The summed E-state index contributed by atoms with van der Waals surface area (Å²) < 4.78 is 0. The summed E-state index contributed by atoms with van der Waals surface area (Å²) in [5, 5.41) is 0. The Balaban J connectivity index is 1.10. The smallest absolute Gasteiger partial charge is 0.320 e. The third kappa shape index (κ3) is 4.98. The zero-order valence-corrected chi connectivity index (χ0v) is 25.8. The van der Waals surface area contributed by atoms with Gasteiger partial charge in [0.15, 0.2) is 17.5 Å². The van der Waals surface area contributed by atoms with Gasteiger partial charge in [0.2, 0.25) is 0 Å². The van der Waals surface area contributed by atoms with Crippen molar-refractivity contribution in [2.45, 2.75) is 0 Å². The predicted octanol–water partition coefficient (Wildman–Crippen LogP) is 8.17. The highest BCUT2D eigenvalue weighted by Gasteiger charge is 2.34. The number of pyridine rings is 2. The highest BCUT2D eigenvalue weighted by Crippen LogP contribution is 2.39. The molecule has 0 unspecified atom stereocenters. The van der Waals surface area contributed by atoms with Crippen molar-refractivity contribution in [3.63, 3.8) is 0 Å². The minimum atomic E-state index is 0.0364. The fourth-order valence-electron chi connectivity index (χ4n) is 6.57. The molecule has 4 aromatic carbocycles. The van der Waals surface area contributed by atoms with Gasteiger partial charge in [-0.15, -0.1) is 0 Å². The largest absolute Gasteiger partial charge is 0.382 e. The van der Waals surface area contributed by atoms with E-state index in [-0.39, 0.29) is 6.85 Å². The highest BCUT2D eigenvalue weighted by molar-refractivity contribution is 6.84. The molecule has 3 aromatic heterocycles. The average Bonchev–Trinajstić information content (AvgIpc) is 3.18. The highest BCUT2D eigenvalue weighted by atomic mass is 15.1. The van der Waals surface area contributed by atoms with E-state index in [9.17, 15) is 0 Å². The molecule has 5 heterocycles. The van der Waals surface area contributed by atoms with E-state index in [1.807, 2.05) is 24.3 Å². The number of allylic oxidation sites excluding steroid dienone is 2. The number of para-hydroxylation sites is 1. The first kappa shape index (κ1) is 27.8. The molecule has 0 saturated heterocycles. The molecule has 0 spiro atoms. The molecule has 7 aromatic rings. The van der Waals surface area contributed by atoms with Gasteiger partial charge in [0.25, 0.3) is 0 Å². The predicted molar refractivity (Wildman–Crippen MR) is 194 cm³/mol. The summed E-state index contributed by atoms with van der Waals surface area (Å²) in [5.41, 5.74) is 12.4. The van der Waals surface area contributed by atoms with Crippen LogP contribution in [0.3, 0.4) is 0 Å². The second-order valence-corrected chi connectivity index (χ2v) is 11.8. The summed E-state index contributed by atoms with van der Waals surface area (Å²) in [6.45, 7) is 0.0364. The van der Waals surface area contributed by atoms with Crippen molar-refractivity contribution in [1.29, 1.82) is 0 Å². The van der Waals surface area contributed by atoms with Crippen molar-refractivity contribution in [3.8, 4) is 56.2 Å². The standard InChI is InChI=1S/C41H27BN6/c1-2-6-28(7-3-1)29-10-12-30(13-11-29)33-14-15-37-36(26-33)35-8-4-5-9-38(35)48-27-34(16-21-42(37)48)41-46-39(31-17-22-43-23-18-31)45-40(47-41)32-19-24-44-25-20-32/h1-27H. The van der Waals surface area contributed by atoms with E-state index >= 15 is 0 Å². The van der Waals surface area contributed by atoms with E-state index in [1.165, 1.54) is 38.8 Å². The molecule has 0 saturated carbocycles. The zero-order valence-electron chi connectivity index (χ0n) is 25.8. The molecule has 2 aliphatic rings. The first-order valence-electron chi connectivity index (χ1n) is 15.9. The number of anilines is 1. The molecule has 0 atom stereocenters. The van der Waals surface area contributed by atoms with Crippen molar-refractivity contribution in [3.05, 3.63) is 170 Å². The molecule has 6 nitrogen and oxygen atoms in total. The Morgan fingerprint density at radius 2 is 1.02 bits per heavy atom. The summed E-state index contributed by atoms with van der Waals surface area (Å²) in [4.78, 5) is 25.4. The lowest BCUT2D eigenvalue weighted by atomic mass is 9.49. The van der Waals surface area contributed by atoms with Gasteiger partial charge < -0.3 is 4.81 Å². The van der Waals surface area contributed by atoms with Crippen molar-refractivity contribution in [2.75, 3.05) is 4.81 Å². The summed E-state index contributed by atoms with van der Waals surface area (Å²) in [5.74, 6) is 4.05. The lowest BCUT2D eigenvalue weighted by Crippen LogP contribution is -2.49. The maximum atomic E-state index is 4.95. The third-order valence-electron chi connectivity index (χ3n) is 8.98. The summed E-state index contributed by atoms with van der Waals surface area (Å²) in [6, 6.07) is 42.5. The van der Waals surface area contributed by atoms with Gasteiger partial charge >= 0.3 is 6.85 Å². The Morgan fingerprint density at radius 3 is 1.71 bits per heavy atom. The van der Waals surface area contributed by atoms with Gasteiger partial charge in [-0.3, -0.25) is 9.97 Å². The van der Waals surface area contributed by atoms with E-state index in [4.69, 9.17) is 15.0 Å². The number of fused-ring (bicyclic) bond motifs is 6. The van der Waals surface area contributed by atoms with Gasteiger partial charge in [0.05, 0.1) is 0 Å². The first-order chi connectivity index (χ1) is 23.8. The van der Waals surface area contributed by atoms with Crippen LogP contribution in [0.5, 0.6) is 0 Å². The molecule has 9 rings (SSSR count). The van der Waals surface area contributed by atoms with Crippen LogP contribution in [0.1, 0.15) is 5.82 Å². The van der Waals surface area contributed by atoms with Crippen LogP contribution in [0, 0.1) is 0 Å². The van der Waals surface area contributed by atoms with Crippen LogP contribution in [-0.4, -0.2) is 31.8 Å². The minimum absolute atomic E-state index is 0.0364. The van der Waals surface area contributed by atoms with Crippen LogP contribution in [0.2, 0.25) is 0 Å². The van der Waals surface area contributed by atoms with Gasteiger partial charge in [0.1, 0.15) is 0 Å². The lowest BCUT2D eigenvalue weighted by molar-refractivity contribution is 1.03. The van der Waals surface area contributed by atoms with Crippen molar-refractivity contribution < 1.29 is 0 Å². The maximum Gasteiger partial charge on any atom is 0.320 e. The van der Waals surface area contributed by atoms with E-state index in [0.717, 1.165) is 22.4 Å². The van der Waals surface area contributed by atoms with E-state index in [1.54, 1.807) is 24.8 Å². The molecule has 0 N–H and O–H groups in total. The molecule has 7 heteroatoms. The summed E-state index contributed by atoms with van der Waals surface area (Å²) >= 11 is 0. The van der Waals surface area contributed by atoms with Gasteiger partial charge in [-0.1, -0.05) is 97.0 Å². The van der Waals surface area contributed by atoms with Crippen LogP contribution in [-0.2, 0) is 0 Å². The summed E-state index contributed by atoms with van der Waals surface area (Å²) in [6.07, 6.45) is 11.3. The third-order valence-corrected chi connectivity index (χ3v) is 8.98. The number of rotatable bonds is 5. The Hall–Kier alpha value is -6.47. The van der Waals surface area contributed by atoms with Gasteiger partial charge in [0, 0.05) is 58.9 Å². The molecule has 0 radical (unpaired) electrons. The second kappa shape index (κ2) is 11.7. The molecule has 2 aliphatic heterocycles. The molecule has 0 bridgehead atoms. The van der Waals surface area contributed by atoms with E-state index < -0.39 is 0 Å². The average molecular weight is 615 g/mol. The van der Waals surface area contributed by atoms with Crippen LogP contribution in [0.15, 0.2) is 164 Å². The quantitative estimate of drug-likeness (QED) is 0.182. The number of hydrogen-bond acceptors (Lipinski definition) is 6. The molecular weight excluding hydrogens is 587 g/mol. The number of benzene rings is 4. The Morgan fingerprint density at radius 1 is 0.458 bits per heavy atom. The topological polar surface area (TPSA) is 67.7 Å². The van der Waals surface area contributed by atoms with Gasteiger partial charge in [-0.05, 0) is 69.7 Å². The first-order valence-corrected chi connectivity index (χ1v) is 15.9. The van der Waals surface area contributed by atoms with Gasteiger partial charge in [-0.25, -0.2) is 15.0 Å². The Kier molecular flexibility index (Phi) is 6.79. The van der Waals surface area contributed by atoms with E-state index in [2.05, 4.69) is 130 Å². The summed E-state index contributed by atoms with van der Waals surface area (Å²) in [7, 11) is 0. The number of nitrogens with zero attached hydrogens (tertiary/aromatic N) is 6. The normalized spacial score (nSPS) is 13.0. The maximum absolute atomic E-state index is 4.95. The molecule has 224 valence electrons. The van der Waals surface area contributed by atoms with Crippen LogP contribution >= 0.6 is 0 Å². The van der Waals surface area contributed by atoms with Crippen LogP contribution < -0.4 is 10.3 Å². The fraction of sp³-hybridized carbons (Fsp3) is 0. The van der Waals surface area contributed by atoms with Gasteiger partial charge in [-0.2, -0.15) is 0 Å². The zero-order chi connectivity index (χ0) is 31.9. The van der Waals surface area contributed by atoms with Crippen LogP contribution in [0.25, 0.3) is 61.7 Å². The Bertz CT molecular complexity index is 2280. The lowest BCUT2D eigenvalue weighted by Gasteiger charge is -2.37. The second-order valence-electron chi connectivity index (χ2n) is 11.8. The minimum Gasteiger partial charge on any atom is -0.382 e. The number of hydrogen-bond donors (Lipinski definition) is 0. The molecule has 0 amide bonds. The van der Waals surface area contributed by atoms with Crippen molar-refractivity contribution in [2.24, 2.45) is 0 Å². The Labute approximate surface area is 279 Å². The SMILES string of the molecule is C1=CC(c2nc(-c3ccncc3)nc(-c3ccncc3)n2)=CN2B1c1ccc(-c3ccc(-c4ccccc4)cc3)cc1-c1ccccc12. The van der Waals surface area contributed by atoms with Crippen molar-refractivity contribution >= 4 is 23.6 Å². The van der Waals surface area contributed by atoms with E-state index in [0.29, 0.717) is 17.5 Å². The molecule has 48 heavy (non-hydrogen) atoms. The number of aromatic nitrogens is 5. The fourth-order valence-corrected chi connectivity index (χ4v) is 6.57. The molecule has 0 aliphatic carbocycles. The van der Waals surface area contributed by atoms with Crippen molar-refractivity contribution in [1.82, 2.24) is 24.9 Å². The van der Waals surface area contributed by atoms with Crippen LogP contribution in [0.4, 0.5) is 5.69 Å². The monoisotopic (exact) mass is 614 g/mol.